The van der Waals surface area contributed by atoms with E-state index in [1.807, 2.05) is 41.0 Å². The number of hydrogen-bond acceptors (Lipinski definition) is 7. The number of benzene rings is 2. The number of carbonyl (C=O) groups is 1. The van der Waals surface area contributed by atoms with Gasteiger partial charge < -0.3 is 35.0 Å². The lowest BCUT2D eigenvalue weighted by molar-refractivity contribution is -0.121. The number of rotatable bonds is 8. The lowest BCUT2D eigenvalue weighted by Crippen LogP contribution is -2.42. The first-order valence-corrected chi connectivity index (χ1v) is 9.57. The minimum absolute atomic E-state index is 0.0920. The van der Waals surface area contributed by atoms with Crippen molar-refractivity contribution < 1.29 is 30.0 Å². The van der Waals surface area contributed by atoms with Crippen molar-refractivity contribution in [3.8, 4) is 11.1 Å². The van der Waals surface area contributed by atoms with E-state index in [0.29, 0.717) is 5.69 Å². The summed E-state index contributed by atoms with van der Waals surface area (Å²) in [6, 6.07) is 11.4. The topological polar surface area (TPSA) is 137 Å². The molecule has 0 fully saturated rings. The summed E-state index contributed by atoms with van der Waals surface area (Å²) in [4.78, 5) is 16.3. The molecule has 2 heterocycles. The van der Waals surface area contributed by atoms with Gasteiger partial charge in [-0.25, -0.2) is 4.98 Å². The molecule has 5 N–H and O–H groups in total. The van der Waals surface area contributed by atoms with Crippen LogP contribution >= 0.6 is 0 Å². The zero-order valence-electron chi connectivity index (χ0n) is 16.1. The number of imidazole rings is 1. The monoisotopic (exact) mass is 413 g/mol. The molecule has 3 unspecified atom stereocenters. The quantitative estimate of drug-likeness (QED) is 0.357. The maximum absolute atomic E-state index is 11.9. The van der Waals surface area contributed by atoms with Gasteiger partial charge in [0.25, 0.3) is 0 Å². The van der Waals surface area contributed by atoms with Crippen molar-refractivity contribution in [2.75, 3.05) is 18.5 Å². The Labute approximate surface area is 172 Å². The van der Waals surface area contributed by atoms with Gasteiger partial charge in [0.1, 0.15) is 24.9 Å². The highest BCUT2D eigenvalue weighted by atomic mass is 16.5. The molecule has 0 spiro atoms. The molecule has 1 amide bonds. The van der Waals surface area contributed by atoms with E-state index in [9.17, 15) is 20.1 Å². The molecule has 0 bridgehead atoms. The van der Waals surface area contributed by atoms with Gasteiger partial charge in [-0.05, 0) is 34.9 Å². The van der Waals surface area contributed by atoms with Crippen LogP contribution in [0.25, 0.3) is 22.2 Å². The Morgan fingerprint density at radius 2 is 1.97 bits per heavy atom. The zero-order valence-corrected chi connectivity index (χ0v) is 16.1. The predicted octanol–water partition coefficient (Wildman–Crippen LogP) is 0.247. The highest BCUT2D eigenvalue weighted by Gasteiger charge is 2.26. The van der Waals surface area contributed by atoms with E-state index in [0.717, 1.165) is 27.7 Å². The van der Waals surface area contributed by atoms with Crippen LogP contribution in [-0.2, 0) is 22.7 Å². The molecule has 0 saturated carbocycles. The minimum Gasteiger partial charge on any atom is -0.394 e. The first-order valence-electron chi connectivity index (χ1n) is 9.57. The molecular formula is C21H23N3O6. The van der Waals surface area contributed by atoms with Crippen LogP contribution in [0.15, 0.2) is 42.7 Å². The van der Waals surface area contributed by atoms with Crippen molar-refractivity contribution in [1.29, 1.82) is 0 Å². The van der Waals surface area contributed by atoms with E-state index < -0.39 is 31.5 Å². The second kappa shape index (κ2) is 8.50. The SMILES string of the molecule is O=C1Cn2cnc3cc(-c4cccc(COC(CO)C(O)C(O)CO)c4)cc(c32)N1. The number of carbonyl (C=O) groups excluding carboxylic acids is 1. The van der Waals surface area contributed by atoms with E-state index in [1.54, 1.807) is 6.33 Å². The highest BCUT2D eigenvalue weighted by Crippen LogP contribution is 2.33. The number of anilines is 1. The number of hydrogen-bond donors (Lipinski definition) is 5. The van der Waals surface area contributed by atoms with Crippen molar-refractivity contribution in [2.45, 2.75) is 31.5 Å². The van der Waals surface area contributed by atoms with Crippen molar-refractivity contribution >= 4 is 22.6 Å². The molecule has 9 heteroatoms. The third-order valence-corrected chi connectivity index (χ3v) is 5.17. The Kier molecular flexibility index (Phi) is 5.80. The Balaban J connectivity index is 1.56. The van der Waals surface area contributed by atoms with Crippen LogP contribution in [0, 0.1) is 0 Å². The normalized spacial score (nSPS) is 16.3. The molecule has 158 valence electrons. The van der Waals surface area contributed by atoms with Crippen molar-refractivity contribution in [1.82, 2.24) is 9.55 Å². The Morgan fingerprint density at radius 1 is 1.13 bits per heavy atom. The van der Waals surface area contributed by atoms with Gasteiger partial charge in [0, 0.05) is 0 Å². The molecule has 4 rings (SSSR count). The standard InChI is InChI=1S/C21H23N3O6/c25-8-17(27)21(29)18(9-26)30-10-12-2-1-3-13(4-12)14-5-15-20-16(6-14)23-19(28)7-24(20)11-22-15/h1-6,11,17-18,21,25-27,29H,7-10H2,(H,23,28). The van der Waals surface area contributed by atoms with Crippen molar-refractivity contribution in [2.24, 2.45) is 0 Å². The van der Waals surface area contributed by atoms with Crippen LogP contribution in [-0.4, -0.2) is 67.4 Å². The Morgan fingerprint density at radius 3 is 2.73 bits per heavy atom. The second-order valence-corrected chi connectivity index (χ2v) is 7.29. The summed E-state index contributed by atoms with van der Waals surface area (Å²) in [5.41, 5.74) is 4.94. The lowest BCUT2D eigenvalue weighted by atomic mass is 10.0. The summed E-state index contributed by atoms with van der Waals surface area (Å²) in [5.74, 6) is -0.0974. The number of aromatic nitrogens is 2. The van der Waals surface area contributed by atoms with Gasteiger partial charge in [-0.15, -0.1) is 0 Å². The largest absolute Gasteiger partial charge is 0.394 e. The van der Waals surface area contributed by atoms with Crippen LogP contribution in [0.4, 0.5) is 5.69 Å². The van der Waals surface area contributed by atoms with Crippen LogP contribution in [0.1, 0.15) is 5.56 Å². The summed E-state index contributed by atoms with van der Waals surface area (Å²) < 4.78 is 7.37. The van der Waals surface area contributed by atoms with Crippen molar-refractivity contribution in [3.63, 3.8) is 0 Å². The molecular weight excluding hydrogens is 390 g/mol. The number of nitrogens with zero attached hydrogens (tertiary/aromatic N) is 2. The first kappa shape index (κ1) is 20.5. The average molecular weight is 413 g/mol. The fourth-order valence-corrected chi connectivity index (χ4v) is 3.59. The number of nitrogens with one attached hydrogen (secondary N) is 1. The van der Waals surface area contributed by atoms with Gasteiger partial charge >= 0.3 is 0 Å². The smallest absolute Gasteiger partial charge is 0.244 e. The zero-order chi connectivity index (χ0) is 21.3. The van der Waals surface area contributed by atoms with Gasteiger partial charge in [-0.3, -0.25) is 4.79 Å². The van der Waals surface area contributed by atoms with E-state index >= 15 is 0 Å². The molecule has 30 heavy (non-hydrogen) atoms. The summed E-state index contributed by atoms with van der Waals surface area (Å²) >= 11 is 0. The van der Waals surface area contributed by atoms with Crippen LogP contribution < -0.4 is 5.32 Å². The summed E-state index contributed by atoms with van der Waals surface area (Å²) in [5, 5.41) is 40.7. The van der Waals surface area contributed by atoms with Crippen LogP contribution in [0.2, 0.25) is 0 Å². The molecule has 1 aliphatic rings. The van der Waals surface area contributed by atoms with Gasteiger partial charge in [-0.1, -0.05) is 18.2 Å². The van der Waals surface area contributed by atoms with E-state index in [2.05, 4.69) is 10.3 Å². The molecule has 2 aromatic carbocycles. The molecule has 1 aliphatic heterocycles. The summed E-state index contributed by atoms with van der Waals surface area (Å²) in [7, 11) is 0. The predicted molar refractivity (Wildman–Crippen MR) is 109 cm³/mol. The van der Waals surface area contributed by atoms with Crippen LogP contribution in [0.3, 0.4) is 0 Å². The van der Waals surface area contributed by atoms with Gasteiger partial charge in [-0.2, -0.15) is 0 Å². The number of aliphatic hydroxyl groups excluding tert-OH is 4. The molecule has 9 nitrogen and oxygen atoms in total. The maximum Gasteiger partial charge on any atom is 0.244 e. The van der Waals surface area contributed by atoms with Crippen molar-refractivity contribution in [3.05, 3.63) is 48.3 Å². The first-order chi connectivity index (χ1) is 14.5. The summed E-state index contributed by atoms with van der Waals surface area (Å²) in [6.45, 7) is -0.790. The van der Waals surface area contributed by atoms with Crippen LogP contribution in [0.5, 0.6) is 0 Å². The molecule has 0 radical (unpaired) electrons. The number of aliphatic hydroxyl groups is 4. The molecule has 3 atom stereocenters. The number of amides is 1. The third kappa shape index (κ3) is 3.93. The molecule has 3 aromatic rings. The average Bonchev–Trinajstić information content (AvgIpc) is 3.17. The van der Waals surface area contributed by atoms with E-state index in [1.165, 1.54) is 0 Å². The molecule has 0 saturated heterocycles. The highest BCUT2D eigenvalue weighted by molar-refractivity contribution is 6.05. The fourth-order valence-electron chi connectivity index (χ4n) is 3.59. The summed E-state index contributed by atoms with van der Waals surface area (Å²) in [6.07, 6.45) is -2.18. The number of ether oxygens (including phenoxy) is 1. The third-order valence-electron chi connectivity index (χ3n) is 5.17. The van der Waals surface area contributed by atoms with Gasteiger partial charge in [0.05, 0.1) is 42.9 Å². The molecule has 0 aliphatic carbocycles. The van der Waals surface area contributed by atoms with Gasteiger partial charge in [0.2, 0.25) is 5.91 Å². The van der Waals surface area contributed by atoms with E-state index in [4.69, 9.17) is 9.84 Å². The Bertz CT molecular complexity index is 1070. The second-order valence-electron chi connectivity index (χ2n) is 7.29. The molecule has 1 aromatic heterocycles. The maximum atomic E-state index is 11.9. The minimum atomic E-state index is -1.41. The van der Waals surface area contributed by atoms with Gasteiger partial charge in [0.15, 0.2) is 0 Å². The fraction of sp³-hybridized carbons (Fsp3) is 0.333. The van der Waals surface area contributed by atoms with E-state index in [-0.39, 0.29) is 19.1 Å². The lowest BCUT2D eigenvalue weighted by Gasteiger charge is -2.24. The Hall–Kier alpha value is -2.82.